The van der Waals surface area contributed by atoms with Crippen LogP contribution in [0.25, 0.3) is 65.8 Å². The maximum absolute atomic E-state index is 10.8. The monoisotopic (exact) mass is 762 g/mol. The lowest BCUT2D eigenvalue weighted by Crippen LogP contribution is -2.11. The van der Waals surface area contributed by atoms with Crippen LogP contribution >= 0.6 is 0 Å². The first-order chi connectivity index (χ1) is 29.0. The van der Waals surface area contributed by atoms with Gasteiger partial charge in [0.1, 0.15) is 22.5 Å². The number of phenols is 1. The van der Waals surface area contributed by atoms with Crippen LogP contribution in [0, 0.1) is 13.8 Å². The second-order valence-electron chi connectivity index (χ2n) is 15.3. The van der Waals surface area contributed by atoms with Gasteiger partial charge in [-0.1, -0.05) is 109 Å². The average molecular weight is 763 g/mol. The van der Waals surface area contributed by atoms with Crippen molar-refractivity contribution in [2.45, 2.75) is 13.8 Å². The van der Waals surface area contributed by atoms with Gasteiger partial charge in [0.05, 0.1) is 17.1 Å². The number of aromatic hydroxyl groups is 1. The second-order valence-corrected chi connectivity index (χ2v) is 15.3. The smallest absolute Gasteiger partial charge is 0.159 e. The van der Waals surface area contributed by atoms with Gasteiger partial charge in [0, 0.05) is 61.7 Å². The summed E-state index contributed by atoms with van der Waals surface area (Å²) in [5.74, 6) is 0.246. The Hall–Kier alpha value is -7.76. The van der Waals surface area contributed by atoms with Crippen molar-refractivity contribution in [3.05, 3.63) is 199 Å². The van der Waals surface area contributed by atoms with Crippen molar-refractivity contribution >= 4 is 88.8 Å². The molecule has 0 aliphatic heterocycles. The molecular formula is C54H38N2O3. The predicted molar refractivity (Wildman–Crippen MR) is 244 cm³/mol. The number of aryl methyl sites for hydroxylation is 2. The minimum absolute atomic E-state index is 0.246. The topological polar surface area (TPSA) is 53.0 Å². The molecule has 0 aliphatic carbocycles. The van der Waals surface area contributed by atoms with Crippen molar-refractivity contribution in [2.24, 2.45) is 0 Å². The van der Waals surface area contributed by atoms with Gasteiger partial charge in [-0.05, 0) is 103 Å². The molecule has 0 atom stereocenters. The number of benzene rings is 9. The van der Waals surface area contributed by atoms with Crippen LogP contribution in [0.5, 0.6) is 5.75 Å². The molecule has 11 aromatic rings. The van der Waals surface area contributed by atoms with Gasteiger partial charge < -0.3 is 23.7 Å². The van der Waals surface area contributed by atoms with Crippen molar-refractivity contribution < 1.29 is 13.9 Å². The molecule has 0 aliphatic rings. The normalized spacial score (nSPS) is 11.6. The summed E-state index contributed by atoms with van der Waals surface area (Å²) in [6.45, 7) is 4.24. The fourth-order valence-corrected chi connectivity index (χ4v) is 8.76. The summed E-state index contributed by atoms with van der Waals surface area (Å²) < 4.78 is 13.6. The van der Waals surface area contributed by atoms with Crippen molar-refractivity contribution in [1.82, 2.24) is 0 Å². The van der Waals surface area contributed by atoms with Gasteiger partial charge in [0.2, 0.25) is 0 Å². The number of nitrogens with zero attached hydrogens (tertiary/aromatic N) is 2. The number of fused-ring (bicyclic) bond motifs is 8. The highest BCUT2D eigenvalue weighted by atomic mass is 16.3. The van der Waals surface area contributed by atoms with Crippen LogP contribution in [-0.2, 0) is 0 Å². The Bertz CT molecular complexity index is 3410. The molecule has 5 nitrogen and oxygen atoms in total. The molecule has 1 N–H and O–H groups in total. The van der Waals surface area contributed by atoms with Gasteiger partial charge in [-0.25, -0.2) is 0 Å². The van der Waals surface area contributed by atoms with E-state index in [-0.39, 0.29) is 5.75 Å². The molecule has 5 heteroatoms. The maximum Gasteiger partial charge on any atom is 0.159 e. The summed E-state index contributed by atoms with van der Waals surface area (Å²) in [5, 5.41) is 17.3. The van der Waals surface area contributed by atoms with E-state index in [1.54, 1.807) is 6.07 Å². The third-order valence-corrected chi connectivity index (χ3v) is 11.4. The zero-order valence-electron chi connectivity index (χ0n) is 32.6. The molecule has 0 saturated heterocycles. The standard InChI is InChI=1S/C54H38N2O3/c1-34-13-9-16-37(29-34)55(47-24-12-23-45-43-21-6-8-26-50(43)59-54(45)47)40-27-28-46-51(32-40)58-52-33-48(42-20-3-4-22-44(42)53(46)52)56(38-17-10-14-35(2)30-38)39-18-11-15-36(31-39)41-19-5-7-25-49(41)57/h3-33,57H,1-2H3. The lowest BCUT2D eigenvalue weighted by atomic mass is 9.99. The summed E-state index contributed by atoms with van der Waals surface area (Å²) in [6, 6.07) is 64.9. The van der Waals surface area contributed by atoms with Crippen molar-refractivity contribution in [3.63, 3.8) is 0 Å². The molecule has 282 valence electrons. The fraction of sp³-hybridized carbons (Fsp3) is 0.0370. The summed E-state index contributed by atoms with van der Waals surface area (Å²) in [4.78, 5) is 4.56. The van der Waals surface area contributed by atoms with Crippen LogP contribution in [0.15, 0.2) is 197 Å². The summed E-state index contributed by atoms with van der Waals surface area (Å²) >= 11 is 0. The van der Waals surface area contributed by atoms with Crippen LogP contribution in [0.4, 0.5) is 34.1 Å². The van der Waals surface area contributed by atoms with Gasteiger partial charge in [0.15, 0.2) is 5.58 Å². The van der Waals surface area contributed by atoms with Crippen molar-refractivity contribution in [3.8, 4) is 16.9 Å². The van der Waals surface area contributed by atoms with E-state index < -0.39 is 0 Å². The predicted octanol–water partition coefficient (Wildman–Crippen LogP) is 15.6. The minimum atomic E-state index is 0.246. The quantitative estimate of drug-likeness (QED) is 0.175. The van der Waals surface area contributed by atoms with Crippen LogP contribution in [0.2, 0.25) is 0 Å². The van der Waals surface area contributed by atoms with E-state index in [1.807, 2.05) is 36.4 Å². The molecule has 0 amide bonds. The van der Waals surface area contributed by atoms with E-state index in [2.05, 4.69) is 169 Å². The Labute approximate surface area is 341 Å². The van der Waals surface area contributed by atoms with Gasteiger partial charge >= 0.3 is 0 Å². The Morgan fingerprint density at radius 1 is 0.390 bits per heavy atom. The third-order valence-electron chi connectivity index (χ3n) is 11.4. The van der Waals surface area contributed by atoms with Crippen LogP contribution in [0.1, 0.15) is 11.1 Å². The third kappa shape index (κ3) is 5.78. The highest BCUT2D eigenvalue weighted by Gasteiger charge is 2.24. The largest absolute Gasteiger partial charge is 0.507 e. The van der Waals surface area contributed by atoms with Gasteiger partial charge in [-0.2, -0.15) is 0 Å². The molecule has 0 saturated carbocycles. The number of furan rings is 2. The zero-order valence-corrected chi connectivity index (χ0v) is 32.6. The molecule has 0 fully saturated rings. The molecule has 9 aromatic carbocycles. The first-order valence-corrected chi connectivity index (χ1v) is 19.9. The molecule has 0 spiro atoms. The zero-order chi connectivity index (χ0) is 39.6. The number of hydrogen-bond donors (Lipinski definition) is 1. The SMILES string of the molecule is Cc1cccc(N(c2cccc(-c3ccccc3O)c2)c2cc3oc4cc(N(c5cccc(C)c5)c5cccc6c5oc5ccccc56)ccc4c3c3ccccc23)c1. The second kappa shape index (κ2) is 13.7. The van der Waals surface area contributed by atoms with E-state index in [0.29, 0.717) is 0 Å². The molecule has 0 radical (unpaired) electrons. The molecule has 2 aromatic heterocycles. The summed E-state index contributed by atoms with van der Waals surface area (Å²) in [5.41, 5.74) is 13.2. The Balaban J connectivity index is 1.13. The Morgan fingerprint density at radius 3 is 1.76 bits per heavy atom. The Morgan fingerprint density at radius 2 is 1.00 bits per heavy atom. The number of phenolic OH excluding ortho intramolecular Hbond substituents is 1. The fourth-order valence-electron chi connectivity index (χ4n) is 8.76. The van der Waals surface area contributed by atoms with Crippen LogP contribution in [0.3, 0.4) is 0 Å². The van der Waals surface area contributed by atoms with E-state index in [9.17, 15) is 5.11 Å². The number of hydrogen-bond acceptors (Lipinski definition) is 5. The van der Waals surface area contributed by atoms with Crippen LogP contribution < -0.4 is 9.80 Å². The highest BCUT2D eigenvalue weighted by Crippen LogP contribution is 2.48. The molecular weight excluding hydrogens is 725 g/mol. The number of para-hydroxylation sites is 3. The summed E-state index contributed by atoms with van der Waals surface area (Å²) in [6.07, 6.45) is 0. The van der Waals surface area contributed by atoms with E-state index in [1.165, 1.54) is 0 Å². The summed E-state index contributed by atoms with van der Waals surface area (Å²) in [7, 11) is 0. The lowest BCUT2D eigenvalue weighted by Gasteiger charge is -2.28. The van der Waals surface area contributed by atoms with Gasteiger partial charge in [-0.15, -0.1) is 0 Å². The number of rotatable bonds is 7. The van der Waals surface area contributed by atoms with Crippen LogP contribution in [-0.4, -0.2) is 5.11 Å². The molecule has 2 heterocycles. The first kappa shape index (κ1) is 34.5. The first-order valence-electron chi connectivity index (χ1n) is 19.9. The maximum atomic E-state index is 10.8. The van der Waals surface area contributed by atoms with Gasteiger partial charge in [0.25, 0.3) is 0 Å². The van der Waals surface area contributed by atoms with Gasteiger partial charge in [-0.3, -0.25) is 0 Å². The van der Waals surface area contributed by atoms with E-state index >= 15 is 0 Å². The Kier molecular flexibility index (Phi) is 8.02. The lowest BCUT2D eigenvalue weighted by molar-refractivity contribution is 0.477. The van der Waals surface area contributed by atoms with E-state index in [4.69, 9.17) is 8.83 Å². The molecule has 59 heavy (non-hydrogen) atoms. The molecule has 0 bridgehead atoms. The number of anilines is 6. The minimum Gasteiger partial charge on any atom is -0.507 e. The van der Waals surface area contributed by atoms with Crippen molar-refractivity contribution in [2.75, 3.05) is 9.80 Å². The van der Waals surface area contributed by atoms with E-state index in [0.717, 1.165) is 111 Å². The molecule has 0 unspecified atom stereocenters. The average Bonchev–Trinajstić information content (AvgIpc) is 3.83. The molecule has 11 rings (SSSR count). The van der Waals surface area contributed by atoms with Crippen molar-refractivity contribution in [1.29, 1.82) is 0 Å². The highest BCUT2D eigenvalue weighted by molar-refractivity contribution is 6.23.